The molecule has 0 saturated heterocycles. The van der Waals surface area contributed by atoms with E-state index in [4.69, 9.17) is 14.2 Å². The minimum absolute atomic E-state index is 0.428. The Morgan fingerprint density at radius 2 is 1.71 bits per heavy atom. The molecule has 1 aliphatic heterocycles. The van der Waals surface area contributed by atoms with Crippen LogP contribution in [0.4, 0.5) is 0 Å². The standard InChI is InChI=1S/C17H18O3S/c1-18-14-7-5-8-15(19-2)17(14)20-11-13-10-12-6-3-4-9-16(12)21-13/h3-9,13H,10-11H2,1-2H3. The fourth-order valence-electron chi connectivity index (χ4n) is 2.48. The molecule has 0 aromatic heterocycles. The quantitative estimate of drug-likeness (QED) is 0.839. The van der Waals surface area contributed by atoms with Gasteiger partial charge in [0.05, 0.1) is 14.2 Å². The third-order valence-corrected chi connectivity index (χ3v) is 4.80. The van der Waals surface area contributed by atoms with E-state index in [2.05, 4.69) is 24.3 Å². The maximum Gasteiger partial charge on any atom is 0.203 e. The Hall–Kier alpha value is -1.81. The molecule has 0 fully saturated rings. The largest absolute Gasteiger partial charge is 0.493 e. The molecule has 1 heterocycles. The van der Waals surface area contributed by atoms with Crippen molar-refractivity contribution in [1.82, 2.24) is 0 Å². The van der Waals surface area contributed by atoms with E-state index in [1.165, 1.54) is 10.5 Å². The van der Waals surface area contributed by atoms with Crippen molar-refractivity contribution in [3.63, 3.8) is 0 Å². The van der Waals surface area contributed by atoms with Gasteiger partial charge in [-0.05, 0) is 30.2 Å². The highest BCUT2D eigenvalue weighted by molar-refractivity contribution is 8.00. The van der Waals surface area contributed by atoms with E-state index in [-0.39, 0.29) is 0 Å². The van der Waals surface area contributed by atoms with E-state index in [1.807, 2.05) is 30.0 Å². The molecule has 0 bridgehead atoms. The third-order valence-electron chi connectivity index (χ3n) is 3.51. The number of ether oxygens (including phenoxy) is 3. The lowest BCUT2D eigenvalue weighted by molar-refractivity contribution is 0.275. The van der Waals surface area contributed by atoms with Crippen molar-refractivity contribution in [2.45, 2.75) is 16.6 Å². The van der Waals surface area contributed by atoms with Crippen LogP contribution in [0, 0.1) is 0 Å². The summed E-state index contributed by atoms with van der Waals surface area (Å²) in [5, 5.41) is 0.428. The van der Waals surface area contributed by atoms with Crippen LogP contribution in [0.2, 0.25) is 0 Å². The number of thioether (sulfide) groups is 1. The van der Waals surface area contributed by atoms with Gasteiger partial charge in [-0.3, -0.25) is 0 Å². The van der Waals surface area contributed by atoms with Crippen molar-refractivity contribution in [3.05, 3.63) is 48.0 Å². The van der Waals surface area contributed by atoms with E-state index in [1.54, 1.807) is 14.2 Å². The van der Waals surface area contributed by atoms with Gasteiger partial charge in [-0.15, -0.1) is 11.8 Å². The van der Waals surface area contributed by atoms with Crippen LogP contribution in [0.5, 0.6) is 17.2 Å². The van der Waals surface area contributed by atoms with Gasteiger partial charge in [-0.2, -0.15) is 0 Å². The molecule has 1 aliphatic rings. The first-order valence-electron chi connectivity index (χ1n) is 6.90. The highest BCUT2D eigenvalue weighted by atomic mass is 32.2. The average molecular weight is 302 g/mol. The maximum absolute atomic E-state index is 5.99. The number of hydrogen-bond donors (Lipinski definition) is 0. The Kier molecular flexibility index (Phi) is 4.25. The van der Waals surface area contributed by atoms with Crippen LogP contribution in [0.3, 0.4) is 0 Å². The van der Waals surface area contributed by atoms with Crippen molar-refractivity contribution in [3.8, 4) is 17.2 Å². The Balaban J connectivity index is 1.69. The summed E-state index contributed by atoms with van der Waals surface area (Å²) < 4.78 is 16.7. The second-order valence-corrected chi connectivity index (χ2v) is 6.20. The minimum atomic E-state index is 0.428. The van der Waals surface area contributed by atoms with Crippen LogP contribution < -0.4 is 14.2 Å². The zero-order valence-electron chi connectivity index (χ0n) is 12.2. The molecular weight excluding hydrogens is 284 g/mol. The highest BCUT2D eigenvalue weighted by Gasteiger charge is 2.23. The van der Waals surface area contributed by atoms with E-state index >= 15 is 0 Å². The van der Waals surface area contributed by atoms with E-state index in [9.17, 15) is 0 Å². The van der Waals surface area contributed by atoms with Gasteiger partial charge in [0, 0.05) is 10.1 Å². The maximum atomic E-state index is 5.99. The summed E-state index contributed by atoms with van der Waals surface area (Å²) in [6.45, 7) is 0.635. The Bertz CT molecular complexity index is 580. The molecular formula is C17H18O3S. The molecule has 21 heavy (non-hydrogen) atoms. The summed E-state index contributed by atoms with van der Waals surface area (Å²) in [4.78, 5) is 1.36. The molecule has 3 rings (SSSR count). The summed E-state index contributed by atoms with van der Waals surface area (Å²) in [6, 6.07) is 14.2. The molecule has 0 radical (unpaired) electrons. The van der Waals surface area contributed by atoms with Gasteiger partial charge < -0.3 is 14.2 Å². The molecule has 0 saturated carbocycles. The van der Waals surface area contributed by atoms with Gasteiger partial charge in [-0.1, -0.05) is 24.3 Å². The fourth-order valence-corrected chi connectivity index (χ4v) is 3.70. The molecule has 1 unspecified atom stereocenters. The second-order valence-electron chi connectivity index (χ2n) is 4.85. The minimum Gasteiger partial charge on any atom is -0.493 e. The number of benzene rings is 2. The summed E-state index contributed by atoms with van der Waals surface area (Å²) in [7, 11) is 3.28. The molecule has 2 aromatic carbocycles. The smallest absolute Gasteiger partial charge is 0.203 e. The van der Waals surface area contributed by atoms with Crippen molar-refractivity contribution in [2.75, 3.05) is 20.8 Å². The molecule has 1 atom stereocenters. The lowest BCUT2D eigenvalue weighted by Crippen LogP contribution is -2.14. The molecule has 0 N–H and O–H groups in total. The van der Waals surface area contributed by atoms with Crippen LogP contribution in [0.15, 0.2) is 47.4 Å². The lowest BCUT2D eigenvalue weighted by Gasteiger charge is -2.16. The molecule has 3 nitrogen and oxygen atoms in total. The zero-order chi connectivity index (χ0) is 14.7. The van der Waals surface area contributed by atoms with Gasteiger partial charge in [0.2, 0.25) is 5.75 Å². The molecule has 0 aliphatic carbocycles. The fraction of sp³-hybridized carbons (Fsp3) is 0.294. The first kappa shape index (κ1) is 14.1. The number of hydrogen-bond acceptors (Lipinski definition) is 4. The van der Waals surface area contributed by atoms with Crippen molar-refractivity contribution in [1.29, 1.82) is 0 Å². The summed E-state index contributed by atoms with van der Waals surface area (Å²) in [6.07, 6.45) is 1.04. The first-order valence-corrected chi connectivity index (χ1v) is 7.78. The van der Waals surface area contributed by atoms with Gasteiger partial charge in [0.1, 0.15) is 6.61 Å². The normalized spacial score (nSPS) is 16.4. The summed E-state index contributed by atoms with van der Waals surface area (Å²) >= 11 is 1.88. The van der Waals surface area contributed by atoms with Gasteiger partial charge in [0.15, 0.2) is 11.5 Å². The molecule has 0 spiro atoms. The van der Waals surface area contributed by atoms with E-state index in [0.717, 1.165) is 6.42 Å². The molecule has 4 heteroatoms. The van der Waals surface area contributed by atoms with Gasteiger partial charge in [-0.25, -0.2) is 0 Å². The highest BCUT2D eigenvalue weighted by Crippen LogP contribution is 2.40. The molecule has 0 amide bonds. The topological polar surface area (TPSA) is 27.7 Å². The van der Waals surface area contributed by atoms with E-state index in [0.29, 0.717) is 29.1 Å². The first-order chi connectivity index (χ1) is 10.3. The SMILES string of the molecule is COc1cccc(OC)c1OCC1Cc2ccccc2S1. The van der Waals surface area contributed by atoms with Crippen molar-refractivity contribution in [2.24, 2.45) is 0 Å². The van der Waals surface area contributed by atoms with Crippen LogP contribution in [-0.4, -0.2) is 26.1 Å². The summed E-state index contributed by atoms with van der Waals surface area (Å²) in [5.41, 5.74) is 1.41. The predicted octanol–water partition coefficient (Wildman–Crippen LogP) is 3.80. The van der Waals surface area contributed by atoms with Gasteiger partial charge in [0.25, 0.3) is 0 Å². The Labute approximate surface area is 129 Å². The molecule has 110 valence electrons. The molecule has 2 aromatic rings. The number of para-hydroxylation sites is 1. The monoisotopic (exact) mass is 302 g/mol. The zero-order valence-corrected chi connectivity index (χ0v) is 13.0. The summed E-state index contributed by atoms with van der Waals surface area (Å²) in [5.74, 6) is 2.09. The van der Waals surface area contributed by atoms with E-state index < -0.39 is 0 Å². The van der Waals surface area contributed by atoms with Crippen LogP contribution in [-0.2, 0) is 6.42 Å². The third kappa shape index (κ3) is 2.95. The van der Waals surface area contributed by atoms with Crippen LogP contribution >= 0.6 is 11.8 Å². The van der Waals surface area contributed by atoms with Crippen LogP contribution in [0.1, 0.15) is 5.56 Å². The average Bonchev–Trinajstić information content (AvgIpc) is 2.95. The number of methoxy groups -OCH3 is 2. The Morgan fingerprint density at radius 3 is 2.38 bits per heavy atom. The lowest BCUT2D eigenvalue weighted by atomic mass is 10.1. The second kappa shape index (κ2) is 6.31. The predicted molar refractivity (Wildman–Crippen MR) is 84.8 cm³/mol. The van der Waals surface area contributed by atoms with Gasteiger partial charge >= 0.3 is 0 Å². The van der Waals surface area contributed by atoms with Crippen LogP contribution in [0.25, 0.3) is 0 Å². The van der Waals surface area contributed by atoms with Crippen molar-refractivity contribution >= 4 is 11.8 Å². The van der Waals surface area contributed by atoms with Crippen molar-refractivity contribution < 1.29 is 14.2 Å². The number of rotatable bonds is 5. The Morgan fingerprint density at radius 1 is 1.00 bits per heavy atom. The number of fused-ring (bicyclic) bond motifs is 1.